The van der Waals surface area contributed by atoms with Gasteiger partial charge in [-0.1, -0.05) is 91.0 Å². The number of benzene rings is 3. The van der Waals surface area contributed by atoms with Crippen molar-refractivity contribution in [3.05, 3.63) is 108 Å². The number of amides is 1. The normalized spacial score (nSPS) is 13.6. The van der Waals surface area contributed by atoms with Crippen molar-refractivity contribution in [1.82, 2.24) is 9.99 Å². The molecule has 0 spiro atoms. The van der Waals surface area contributed by atoms with Gasteiger partial charge in [0.1, 0.15) is 13.2 Å². The molecule has 41 heavy (non-hydrogen) atoms. The Hall–Kier alpha value is -3.29. The van der Waals surface area contributed by atoms with Gasteiger partial charge in [0.2, 0.25) is 0 Å². The van der Waals surface area contributed by atoms with E-state index < -0.39 is 32.7 Å². The zero-order chi connectivity index (χ0) is 29.6. The molecule has 1 N–H and O–H groups in total. The van der Waals surface area contributed by atoms with E-state index in [4.69, 9.17) is 18.5 Å². The number of hydrogen-bond acceptors (Lipinski definition) is 7. The molecule has 3 aromatic carbocycles. The summed E-state index contributed by atoms with van der Waals surface area (Å²) in [6, 6.07) is 27.6. The van der Waals surface area contributed by atoms with Gasteiger partial charge in [0.15, 0.2) is 6.04 Å². The number of carbonyl (C=O) groups is 2. The van der Waals surface area contributed by atoms with Crippen molar-refractivity contribution in [3.63, 3.8) is 0 Å². The van der Waals surface area contributed by atoms with E-state index in [2.05, 4.69) is 37.7 Å². The molecule has 0 aromatic heterocycles. The van der Waals surface area contributed by atoms with Gasteiger partial charge >= 0.3 is 12.1 Å². The second-order valence-electron chi connectivity index (χ2n) is 10.2. The number of nitrogens with zero attached hydrogens (tertiary/aromatic N) is 1. The molecule has 1 unspecified atom stereocenters. The molecule has 0 aliphatic rings. The monoisotopic (exact) mass is 580 g/mol. The third-order valence-electron chi connectivity index (χ3n) is 6.12. The minimum absolute atomic E-state index is 0.0625. The van der Waals surface area contributed by atoms with Crippen molar-refractivity contribution in [2.75, 3.05) is 0 Å². The van der Waals surface area contributed by atoms with Crippen LogP contribution < -0.4 is 5.32 Å². The van der Waals surface area contributed by atoms with E-state index in [1.165, 1.54) is 0 Å². The largest absolute Gasteiger partial charge is 0.459 e. The Morgan fingerprint density at radius 1 is 0.683 bits per heavy atom. The SMILES string of the molecule is CC(C)N(C(C)C)P(OCc1ccccc1)O[C@@H](C)[C@@H](NC(=O)OCc1ccccc1)C(=O)OCc1ccccc1. The van der Waals surface area contributed by atoms with Crippen LogP contribution in [0.25, 0.3) is 0 Å². The van der Waals surface area contributed by atoms with Crippen molar-refractivity contribution < 1.29 is 28.1 Å². The summed E-state index contributed by atoms with van der Waals surface area (Å²) >= 11 is 0. The van der Waals surface area contributed by atoms with Gasteiger partial charge in [-0.05, 0) is 51.3 Å². The maximum Gasteiger partial charge on any atom is 0.408 e. The van der Waals surface area contributed by atoms with E-state index in [0.717, 1.165) is 16.7 Å². The third kappa shape index (κ3) is 10.9. The fourth-order valence-electron chi connectivity index (χ4n) is 4.11. The van der Waals surface area contributed by atoms with Crippen molar-refractivity contribution >= 4 is 20.6 Å². The lowest BCUT2D eigenvalue weighted by atomic mass is 10.2. The van der Waals surface area contributed by atoms with Gasteiger partial charge in [-0.2, -0.15) is 0 Å². The molecule has 9 heteroatoms. The Morgan fingerprint density at radius 3 is 1.59 bits per heavy atom. The smallest absolute Gasteiger partial charge is 0.408 e. The molecular formula is C32H41N2O6P. The molecule has 3 rings (SSSR count). The van der Waals surface area contributed by atoms with Crippen LogP contribution in [-0.4, -0.2) is 41.0 Å². The predicted octanol–water partition coefficient (Wildman–Crippen LogP) is 6.99. The van der Waals surface area contributed by atoms with Gasteiger partial charge in [0.25, 0.3) is 8.53 Å². The molecule has 0 aliphatic carbocycles. The van der Waals surface area contributed by atoms with Crippen LogP contribution in [0.2, 0.25) is 0 Å². The number of esters is 1. The fourth-order valence-corrected chi connectivity index (χ4v) is 5.83. The summed E-state index contributed by atoms with van der Waals surface area (Å²) in [5.74, 6) is -0.628. The molecular weight excluding hydrogens is 539 g/mol. The van der Waals surface area contributed by atoms with Crippen LogP contribution in [0.4, 0.5) is 4.79 Å². The lowest BCUT2D eigenvalue weighted by molar-refractivity contribution is -0.149. The van der Waals surface area contributed by atoms with E-state index in [0.29, 0.717) is 6.61 Å². The summed E-state index contributed by atoms with van der Waals surface area (Å²) in [7, 11) is -1.61. The topological polar surface area (TPSA) is 86.3 Å². The molecule has 0 fully saturated rings. The van der Waals surface area contributed by atoms with Gasteiger partial charge in [-0.25, -0.2) is 14.3 Å². The van der Waals surface area contributed by atoms with Crippen LogP contribution in [0.5, 0.6) is 0 Å². The molecule has 3 aromatic rings. The maximum absolute atomic E-state index is 13.3. The highest BCUT2D eigenvalue weighted by Gasteiger charge is 2.36. The van der Waals surface area contributed by atoms with E-state index in [1.807, 2.05) is 91.0 Å². The van der Waals surface area contributed by atoms with Gasteiger partial charge in [0, 0.05) is 12.1 Å². The van der Waals surface area contributed by atoms with Gasteiger partial charge in [0.05, 0.1) is 12.7 Å². The van der Waals surface area contributed by atoms with E-state index in [1.54, 1.807) is 6.92 Å². The Labute approximate surface area is 244 Å². The average molecular weight is 581 g/mol. The number of carbonyl (C=O) groups excluding carboxylic acids is 2. The maximum atomic E-state index is 13.3. The first-order valence-corrected chi connectivity index (χ1v) is 15.0. The van der Waals surface area contributed by atoms with Crippen LogP contribution in [0, 0.1) is 0 Å². The van der Waals surface area contributed by atoms with Crippen molar-refractivity contribution in [1.29, 1.82) is 0 Å². The van der Waals surface area contributed by atoms with Crippen LogP contribution in [0.15, 0.2) is 91.0 Å². The van der Waals surface area contributed by atoms with E-state index in [9.17, 15) is 9.59 Å². The summed E-state index contributed by atoms with van der Waals surface area (Å²) in [6.45, 7) is 10.5. The highest BCUT2D eigenvalue weighted by molar-refractivity contribution is 7.44. The van der Waals surface area contributed by atoms with E-state index in [-0.39, 0.29) is 25.3 Å². The number of nitrogens with one attached hydrogen (secondary N) is 1. The highest BCUT2D eigenvalue weighted by Crippen LogP contribution is 2.48. The zero-order valence-corrected chi connectivity index (χ0v) is 25.3. The molecule has 3 atom stereocenters. The minimum Gasteiger partial charge on any atom is -0.459 e. The Kier molecular flexibility index (Phi) is 13.2. The Balaban J connectivity index is 1.76. The molecule has 8 nitrogen and oxygen atoms in total. The van der Waals surface area contributed by atoms with Crippen LogP contribution in [0.3, 0.4) is 0 Å². The minimum atomic E-state index is -1.61. The third-order valence-corrected chi connectivity index (χ3v) is 8.28. The van der Waals surface area contributed by atoms with Crippen molar-refractivity contribution in [2.45, 2.75) is 78.7 Å². The number of hydrogen-bond donors (Lipinski definition) is 1. The average Bonchev–Trinajstić information content (AvgIpc) is 2.97. The van der Waals surface area contributed by atoms with Crippen LogP contribution in [-0.2, 0) is 43.1 Å². The Morgan fingerprint density at radius 2 is 1.12 bits per heavy atom. The molecule has 0 saturated carbocycles. The van der Waals surface area contributed by atoms with Crippen molar-refractivity contribution in [3.8, 4) is 0 Å². The second kappa shape index (κ2) is 16.8. The first-order valence-electron chi connectivity index (χ1n) is 13.8. The Bertz CT molecular complexity index is 1170. The summed E-state index contributed by atoms with van der Waals surface area (Å²) in [5, 5.41) is 2.68. The van der Waals surface area contributed by atoms with E-state index >= 15 is 0 Å². The summed E-state index contributed by atoms with van der Waals surface area (Å²) in [6.07, 6.45) is -1.53. The zero-order valence-electron chi connectivity index (χ0n) is 24.4. The molecule has 0 bridgehead atoms. The molecule has 0 aliphatic heterocycles. The summed E-state index contributed by atoms with van der Waals surface area (Å²) in [5.41, 5.74) is 2.67. The summed E-state index contributed by atoms with van der Waals surface area (Å²) < 4.78 is 25.9. The van der Waals surface area contributed by atoms with Gasteiger partial charge < -0.3 is 23.8 Å². The van der Waals surface area contributed by atoms with Crippen LogP contribution >= 0.6 is 8.53 Å². The fraction of sp³-hybridized carbons (Fsp3) is 0.375. The first-order chi connectivity index (χ1) is 19.7. The summed E-state index contributed by atoms with van der Waals surface area (Å²) in [4.78, 5) is 26.2. The van der Waals surface area contributed by atoms with Crippen LogP contribution in [0.1, 0.15) is 51.3 Å². The number of alkyl carbamates (subject to hydrolysis) is 1. The van der Waals surface area contributed by atoms with Gasteiger partial charge in [-0.15, -0.1) is 0 Å². The second-order valence-corrected chi connectivity index (χ2v) is 11.6. The van der Waals surface area contributed by atoms with Gasteiger partial charge in [-0.3, -0.25) is 0 Å². The first kappa shape index (κ1) is 32.2. The standard InChI is InChI=1S/C32H41N2O6P/c1-24(2)34(25(3)4)41(39-23-29-19-13-8-14-20-29)40-26(5)30(31(35)37-21-27-15-9-6-10-16-27)33-32(36)38-22-28-17-11-7-12-18-28/h6-20,24-26,30H,21-23H2,1-5H3,(H,33,36)/t26-,30+,41?/m0/s1. The molecule has 0 heterocycles. The van der Waals surface area contributed by atoms with Crippen molar-refractivity contribution in [2.24, 2.45) is 0 Å². The lowest BCUT2D eigenvalue weighted by Crippen LogP contribution is -2.49. The number of rotatable bonds is 15. The lowest BCUT2D eigenvalue weighted by Gasteiger charge is -2.37. The quantitative estimate of drug-likeness (QED) is 0.153. The molecule has 0 radical (unpaired) electrons. The predicted molar refractivity (Wildman–Crippen MR) is 161 cm³/mol. The molecule has 0 saturated heterocycles. The molecule has 220 valence electrons. The molecule has 1 amide bonds. The highest BCUT2D eigenvalue weighted by atomic mass is 31.2. The number of ether oxygens (including phenoxy) is 2.